The van der Waals surface area contributed by atoms with Crippen molar-refractivity contribution in [3.8, 4) is 0 Å². The van der Waals surface area contributed by atoms with Crippen molar-refractivity contribution in [3.63, 3.8) is 0 Å². The van der Waals surface area contributed by atoms with Crippen LogP contribution in [-0.2, 0) is 30.5 Å². The van der Waals surface area contributed by atoms with Crippen molar-refractivity contribution in [2.45, 2.75) is 45.4 Å². The lowest BCUT2D eigenvalue weighted by molar-refractivity contribution is -0.115. The average Bonchev–Trinajstić information content (AvgIpc) is 3.12. The SMILES string of the molecule is CCc1ccccc1NC(=O)c1c(NC(=O)Cc2ccccc2)sc2c1CCCC2. The van der Waals surface area contributed by atoms with Crippen LogP contribution >= 0.6 is 11.3 Å². The molecule has 0 aliphatic heterocycles. The predicted octanol–water partition coefficient (Wildman–Crippen LogP) is 5.62. The van der Waals surface area contributed by atoms with E-state index in [1.165, 1.54) is 4.88 Å². The van der Waals surface area contributed by atoms with E-state index in [0.717, 1.165) is 54.5 Å². The van der Waals surface area contributed by atoms with Gasteiger partial charge >= 0.3 is 0 Å². The third-order valence-corrected chi connectivity index (χ3v) is 6.71. The van der Waals surface area contributed by atoms with Crippen LogP contribution in [0.3, 0.4) is 0 Å². The Bertz CT molecular complexity index is 1060. The van der Waals surface area contributed by atoms with Crippen molar-refractivity contribution < 1.29 is 9.59 Å². The second-order valence-corrected chi connectivity index (χ2v) is 8.70. The fourth-order valence-electron chi connectivity index (χ4n) is 3.98. The highest BCUT2D eigenvalue weighted by Gasteiger charge is 2.26. The first-order valence-corrected chi connectivity index (χ1v) is 11.3. The Kier molecular flexibility index (Phi) is 6.29. The topological polar surface area (TPSA) is 58.2 Å². The summed E-state index contributed by atoms with van der Waals surface area (Å²) in [6, 6.07) is 17.5. The van der Waals surface area contributed by atoms with Crippen LogP contribution in [0.4, 0.5) is 10.7 Å². The van der Waals surface area contributed by atoms with Crippen molar-refractivity contribution in [3.05, 3.63) is 81.7 Å². The first-order valence-electron chi connectivity index (χ1n) is 10.5. The maximum atomic E-state index is 13.3. The number of aryl methyl sites for hydroxylation is 2. The number of carbonyl (C=O) groups is 2. The molecule has 2 N–H and O–H groups in total. The second kappa shape index (κ2) is 9.26. The van der Waals surface area contributed by atoms with Crippen LogP contribution in [0.15, 0.2) is 54.6 Å². The van der Waals surface area contributed by atoms with Gasteiger partial charge in [-0.3, -0.25) is 9.59 Å². The van der Waals surface area contributed by atoms with E-state index in [4.69, 9.17) is 0 Å². The standard InChI is InChI=1S/C25H26N2O2S/c1-2-18-12-6-8-14-20(18)26-24(29)23-19-13-7-9-15-21(19)30-25(23)27-22(28)16-17-10-4-3-5-11-17/h3-6,8,10-12,14H,2,7,9,13,15-16H2,1H3,(H,26,29)(H,27,28). The van der Waals surface area contributed by atoms with Gasteiger partial charge in [-0.05, 0) is 54.9 Å². The summed E-state index contributed by atoms with van der Waals surface area (Å²) in [5.41, 5.74) is 4.64. The maximum absolute atomic E-state index is 13.3. The average molecular weight is 419 g/mol. The van der Waals surface area contributed by atoms with Crippen LogP contribution in [0.2, 0.25) is 0 Å². The molecule has 5 heteroatoms. The molecular weight excluding hydrogens is 392 g/mol. The zero-order valence-corrected chi connectivity index (χ0v) is 18.0. The number of carbonyl (C=O) groups excluding carboxylic acids is 2. The smallest absolute Gasteiger partial charge is 0.258 e. The Morgan fingerprint density at radius 1 is 0.933 bits per heavy atom. The molecule has 154 valence electrons. The molecule has 0 unspecified atom stereocenters. The molecule has 0 spiro atoms. The van der Waals surface area contributed by atoms with Crippen molar-refractivity contribution in [2.24, 2.45) is 0 Å². The normalized spacial score (nSPS) is 12.8. The quantitative estimate of drug-likeness (QED) is 0.546. The van der Waals surface area contributed by atoms with E-state index in [0.29, 0.717) is 17.0 Å². The van der Waals surface area contributed by atoms with Gasteiger partial charge in [-0.2, -0.15) is 0 Å². The van der Waals surface area contributed by atoms with Crippen molar-refractivity contribution in [2.75, 3.05) is 10.6 Å². The maximum Gasteiger partial charge on any atom is 0.258 e. The predicted molar refractivity (Wildman–Crippen MR) is 124 cm³/mol. The van der Waals surface area contributed by atoms with E-state index in [-0.39, 0.29) is 11.8 Å². The molecule has 1 aliphatic rings. The minimum Gasteiger partial charge on any atom is -0.322 e. The molecule has 0 radical (unpaired) electrons. The Hall–Kier alpha value is -2.92. The van der Waals surface area contributed by atoms with Gasteiger partial charge in [-0.15, -0.1) is 11.3 Å². The van der Waals surface area contributed by atoms with Gasteiger partial charge in [0.25, 0.3) is 5.91 Å². The number of para-hydroxylation sites is 1. The number of rotatable bonds is 6. The molecule has 4 rings (SSSR count). The summed E-state index contributed by atoms with van der Waals surface area (Å²) in [7, 11) is 0. The van der Waals surface area contributed by atoms with Crippen molar-refractivity contribution in [1.82, 2.24) is 0 Å². The Morgan fingerprint density at radius 2 is 1.67 bits per heavy atom. The third kappa shape index (κ3) is 4.46. The molecule has 2 amide bonds. The number of hydrogen-bond donors (Lipinski definition) is 2. The summed E-state index contributed by atoms with van der Waals surface area (Å²) in [6.45, 7) is 2.08. The summed E-state index contributed by atoms with van der Waals surface area (Å²) >= 11 is 1.56. The van der Waals surface area contributed by atoms with Crippen LogP contribution < -0.4 is 10.6 Å². The zero-order chi connectivity index (χ0) is 20.9. The summed E-state index contributed by atoms with van der Waals surface area (Å²) in [6.07, 6.45) is 5.21. The number of nitrogens with one attached hydrogen (secondary N) is 2. The molecule has 0 fully saturated rings. The molecule has 1 heterocycles. The number of amides is 2. The molecule has 3 aromatic rings. The fourth-order valence-corrected chi connectivity index (χ4v) is 5.28. The van der Waals surface area contributed by atoms with E-state index in [1.807, 2.05) is 54.6 Å². The lowest BCUT2D eigenvalue weighted by atomic mass is 9.95. The highest BCUT2D eigenvalue weighted by Crippen LogP contribution is 2.38. The lowest BCUT2D eigenvalue weighted by Crippen LogP contribution is -2.20. The summed E-state index contributed by atoms with van der Waals surface area (Å²) < 4.78 is 0. The molecule has 4 nitrogen and oxygen atoms in total. The molecule has 2 aromatic carbocycles. The van der Waals surface area contributed by atoms with Crippen LogP contribution in [0.5, 0.6) is 0 Å². The van der Waals surface area contributed by atoms with Gasteiger partial charge in [0.2, 0.25) is 5.91 Å². The van der Waals surface area contributed by atoms with E-state index in [9.17, 15) is 9.59 Å². The van der Waals surface area contributed by atoms with Gasteiger partial charge in [0.1, 0.15) is 5.00 Å². The molecule has 1 aromatic heterocycles. The number of anilines is 2. The van der Waals surface area contributed by atoms with Gasteiger partial charge < -0.3 is 10.6 Å². The van der Waals surface area contributed by atoms with Gasteiger partial charge in [0.05, 0.1) is 12.0 Å². The first-order chi connectivity index (χ1) is 14.7. The molecule has 1 aliphatic carbocycles. The third-order valence-electron chi connectivity index (χ3n) is 5.51. The number of benzene rings is 2. The molecule has 0 saturated carbocycles. The van der Waals surface area contributed by atoms with Crippen molar-refractivity contribution >= 4 is 33.8 Å². The number of fused-ring (bicyclic) bond motifs is 1. The summed E-state index contributed by atoms with van der Waals surface area (Å²) in [5, 5.41) is 6.80. The molecule has 30 heavy (non-hydrogen) atoms. The van der Waals surface area contributed by atoms with E-state index < -0.39 is 0 Å². The monoisotopic (exact) mass is 418 g/mol. The Balaban J connectivity index is 1.60. The van der Waals surface area contributed by atoms with Crippen LogP contribution in [0.1, 0.15) is 51.7 Å². The second-order valence-electron chi connectivity index (χ2n) is 7.59. The van der Waals surface area contributed by atoms with Gasteiger partial charge in [0, 0.05) is 10.6 Å². The molecule has 0 atom stereocenters. The van der Waals surface area contributed by atoms with Gasteiger partial charge in [-0.25, -0.2) is 0 Å². The first kappa shape index (κ1) is 20.4. The highest BCUT2D eigenvalue weighted by molar-refractivity contribution is 7.17. The van der Waals surface area contributed by atoms with Crippen LogP contribution in [0, 0.1) is 0 Å². The van der Waals surface area contributed by atoms with Gasteiger partial charge in [-0.1, -0.05) is 55.5 Å². The zero-order valence-electron chi connectivity index (χ0n) is 17.2. The summed E-state index contributed by atoms with van der Waals surface area (Å²) in [5.74, 6) is -0.229. The Morgan fingerprint density at radius 3 is 2.47 bits per heavy atom. The lowest BCUT2D eigenvalue weighted by Gasteiger charge is -2.14. The van der Waals surface area contributed by atoms with E-state index in [2.05, 4.69) is 17.6 Å². The van der Waals surface area contributed by atoms with E-state index in [1.54, 1.807) is 11.3 Å². The largest absolute Gasteiger partial charge is 0.322 e. The molecule has 0 saturated heterocycles. The molecular formula is C25H26N2O2S. The number of thiophene rings is 1. The minimum absolute atomic E-state index is 0.0946. The number of hydrogen-bond acceptors (Lipinski definition) is 3. The summed E-state index contributed by atoms with van der Waals surface area (Å²) in [4.78, 5) is 27.2. The molecule has 0 bridgehead atoms. The van der Waals surface area contributed by atoms with E-state index >= 15 is 0 Å². The highest BCUT2D eigenvalue weighted by atomic mass is 32.1. The van der Waals surface area contributed by atoms with Gasteiger partial charge in [0.15, 0.2) is 0 Å². The fraction of sp³-hybridized carbons (Fsp3) is 0.280. The van der Waals surface area contributed by atoms with Crippen molar-refractivity contribution in [1.29, 1.82) is 0 Å². The van der Waals surface area contributed by atoms with Crippen LogP contribution in [-0.4, -0.2) is 11.8 Å². The minimum atomic E-state index is -0.134. The van der Waals surface area contributed by atoms with Crippen LogP contribution in [0.25, 0.3) is 0 Å². The Labute approximate surface area is 181 Å².